The molecule has 5 rings (SSSR count). The Hall–Kier alpha value is -4.91. The third-order valence-corrected chi connectivity index (χ3v) is 8.98. The summed E-state index contributed by atoms with van der Waals surface area (Å²) in [5.41, 5.74) is 4.29. The number of aromatic nitrogens is 2. The van der Waals surface area contributed by atoms with Crippen molar-refractivity contribution >= 4 is 67.3 Å². The van der Waals surface area contributed by atoms with Gasteiger partial charge in [0.25, 0.3) is 0 Å². The van der Waals surface area contributed by atoms with Crippen LogP contribution in [0, 0.1) is 6.92 Å². The minimum Gasteiger partial charge on any atom is -0.487 e. The van der Waals surface area contributed by atoms with Gasteiger partial charge in [0.2, 0.25) is 21.8 Å². The third kappa shape index (κ3) is 9.62. The van der Waals surface area contributed by atoms with Gasteiger partial charge in [0.05, 0.1) is 29.2 Å². The monoisotopic (exact) mass is 735 g/mol. The number of ether oxygens (including phenoxy) is 2. The molecule has 0 fully saturated rings. The van der Waals surface area contributed by atoms with E-state index in [9.17, 15) is 18.0 Å². The molecule has 0 bridgehead atoms. The molecular weight excluding hydrogens is 701 g/mol. The van der Waals surface area contributed by atoms with E-state index >= 15 is 0 Å². The maximum absolute atomic E-state index is 13.1. The number of likely N-dealkylation sites (N-methyl/N-ethyl adjacent to an activating group) is 1. The summed E-state index contributed by atoms with van der Waals surface area (Å²) < 4.78 is 37.5. The Kier molecular flexibility index (Phi) is 11.8. The molecule has 0 aliphatic rings. The van der Waals surface area contributed by atoms with Gasteiger partial charge >= 0.3 is 0 Å². The molecule has 2 heterocycles. The van der Waals surface area contributed by atoms with E-state index < -0.39 is 15.9 Å². The molecule has 2 aromatic heterocycles. The zero-order valence-corrected chi connectivity index (χ0v) is 29.9. The van der Waals surface area contributed by atoms with Crippen molar-refractivity contribution in [2.75, 3.05) is 29.5 Å². The predicted octanol–water partition coefficient (Wildman–Crippen LogP) is 6.49. The normalized spacial score (nSPS) is 11.2. The molecule has 0 saturated heterocycles. The van der Waals surface area contributed by atoms with Gasteiger partial charge < -0.3 is 19.7 Å². The number of hydrogen-bond donors (Lipinski definition) is 2. The van der Waals surface area contributed by atoms with E-state index in [-0.39, 0.29) is 30.5 Å². The summed E-state index contributed by atoms with van der Waals surface area (Å²) >= 11 is 13.3. The number of amides is 2. The zero-order valence-electron chi connectivity index (χ0n) is 27.6. The fraction of sp³-hybridized carbons (Fsp3) is 0.222. The van der Waals surface area contributed by atoms with Crippen LogP contribution in [0.2, 0.25) is 10.0 Å². The van der Waals surface area contributed by atoms with Crippen molar-refractivity contribution in [1.29, 1.82) is 0 Å². The van der Waals surface area contributed by atoms with Crippen LogP contribution in [0.1, 0.15) is 28.9 Å². The van der Waals surface area contributed by atoms with Crippen LogP contribution in [0.5, 0.6) is 11.5 Å². The van der Waals surface area contributed by atoms with E-state index in [2.05, 4.69) is 15.0 Å². The van der Waals surface area contributed by atoms with Crippen molar-refractivity contribution in [1.82, 2.24) is 15.3 Å². The van der Waals surface area contributed by atoms with Gasteiger partial charge in [-0.05, 0) is 67.4 Å². The first kappa shape index (κ1) is 36.4. The van der Waals surface area contributed by atoms with Crippen LogP contribution >= 0.6 is 23.2 Å². The lowest BCUT2D eigenvalue weighted by Crippen LogP contribution is -2.38. The predicted molar refractivity (Wildman–Crippen MR) is 195 cm³/mol. The van der Waals surface area contributed by atoms with E-state index in [1.165, 1.54) is 4.90 Å². The quantitative estimate of drug-likeness (QED) is 0.132. The average Bonchev–Trinajstić information content (AvgIpc) is 3.08. The summed E-state index contributed by atoms with van der Waals surface area (Å²) in [6.45, 7) is 1.91. The standard InChI is InChI=1S/C36H35Cl2N5O6S/c1-23-19-32(48-21-26-7-4-5-18-39-26)27-8-6-9-31(36(27)41-23)49-22-28-29(37)15-16-30(35(28)38)43(2)34(45)20-40-33(44)17-12-24-10-13-25(14-11-24)42-50(3,46)47/h4-11,13-16,18-19,42H,12,17,20-22H2,1-3H3,(H,40,44). The first-order chi connectivity index (χ1) is 23.9. The summed E-state index contributed by atoms with van der Waals surface area (Å²) in [5.74, 6) is 0.440. The van der Waals surface area contributed by atoms with Crippen molar-refractivity contribution in [3.8, 4) is 11.5 Å². The van der Waals surface area contributed by atoms with Crippen molar-refractivity contribution in [3.63, 3.8) is 0 Å². The van der Waals surface area contributed by atoms with Gasteiger partial charge in [-0.2, -0.15) is 0 Å². The highest BCUT2D eigenvalue weighted by molar-refractivity contribution is 7.92. The molecule has 0 radical (unpaired) electrons. The first-order valence-electron chi connectivity index (χ1n) is 15.5. The molecule has 0 unspecified atom stereocenters. The van der Waals surface area contributed by atoms with Crippen LogP contribution < -0.4 is 24.4 Å². The number of anilines is 2. The van der Waals surface area contributed by atoms with E-state index in [0.29, 0.717) is 52.0 Å². The van der Waals surface area contributed by atoms with E-state index in [4.69, 9.17) is 37.7 Å². The average molecular weight is 737 g/mol. The summed E-state index contributed by atoms with van der Waals surface area (Å²) in [4.78, 5) is 35.9. The Bertz CT molecular complexity index is 2120. The maximum atomic E-state index is 13.1. The van der Waals surface area contributed by atoms with E-state index in [1.54, 1.807) is 55.7 Å². The number of carbonyl (C=O) groups is 2. The minimum absolute atomic E-state index is 0.00552. The number of nitrogens with zero attached hydrogens (tertiary/aromatic N) is 3. The molecule has 50 heavy (non-hydrogen) atoms. The van der Waals surface area contributed by atoms with Crippen molar-refractivity contribution < 1.29 is 27.5 Å². The van der Waals surface area contributed by atoms with Crippen molar-refractivity contribution in [3.05, 3.63) is 118 Å². The van der Waals surface area contributed by atoms with E-state index in [1.807, 2.05) is 43.3 Å². The van der Waals surface area contributed by atoms with Gasteiger partial charge in [-0.1, -0.05) is 47.5 Å². The molecule has 0 aliphatic carbocycles. The SMILES string of the molecule is Cc1cc(OCc2ccccn2)c2cccc(OCc3c(Cl)ccc(N(C)C(=O)CNC(=O)CCc4ccc(NS(C)(=O)=O)cc4)c3Cl)c2n1. The number of nitrogens with one attached hydrogen (secondary N) is 2. The van der Waals surface area contributed by atoms with Crippen LogP contribution in [0.25, 0.3) is 10.9 Å². The van der Waals surface area contributed by atoms with Crippen LogP contribution in [0.3, 0.4) is 0 Å². The molecule has 11 nitrogen and oxygen atoms in total. The Morgan fingerprint density at radius 2 is 1.68 bits per heavy atom. The van der Waals surface area contributed by atoms with Crippen LogP contribution in [0.15, 0.2) is 85.1 Å². The third-order valence-electron chi connectivity index (χ3n) is 7.60. The molecule has 0 aliphatic heterocycles. The summed E-state index contributed by atoms with van der Waals surface area (Å²) in [6.07, 6.45) is 3.34. The largest absolute Gasteiger partial charge is 0.487 e. The second kappa shape index (κ2) is 16.2. The van der Waals surface area contributed by atoms with Gasteiger partial charge in [0, 0.05) is 53.1 Å². The Morgan fingerprint density at radius 3 is 2.40 bits per heavy atom. The number of aryl methyl sites for hydroxylation is 2. The van der Waals surface area contributed by atoms with Gasteiger partial charge in [-0.15, -0.1) is 0 Å². The maximum Gasteiger partial charge on any atom is 0.246 e. The van der Waals surface area contributed by atoms with Gasteiger partial charge in [0.1, 0.15) is 30.2 Å². The fourth-order valence-electron chi connectivity index (χ4n) is 5.04. The van der Waals surface area contributed by atoms with Gasteiger partial charge in [-0.25, -0.2) is 13.4 Å². The van der Waals surface area contributed by atoms with Crippen LogP contribution in [-0.2, 0) is 39.2 Å². The smallest absolute Gasteiger partial charge is 0.246 e. The molecule has 0 saturated carbocycles. The number of fused-ring (bicyclic) bond motifs is 1. The lowest BCUT2D eigenvalue weighted by atomic mass is 10.1. The zero-order chi connectivity index (χ0) is 35.8. The van der Waals surface area contributed by atoms with Gasteiger partial charge in [0.15, 0.2) is 0 Å². The highest BCUT2D eigenvalue weighted by Crippen LogP contribution is 2.36. The fourth-order valence-corrected chi connectivity index (χ4v) is 6.21. The molecule has 14 heteroatoms. The minimum atomic E-state index is -3.38. The highest BCUT2D eigenvalue weighted by Gasteiger charge is 2.20. The number of benzene rings is 3. The first-order valence-corrected chi connectivity index (χ1v) is 18.2. The second-order valence-corrected chi connectivity index (χ2v) is 14.0. The Morgan fingerprint density at radius 1 is 0.920 bits per heavy atom. The number of para-hydroxylation sites is 1. The number of pyridine rings is 2. The van der Waals surface area contributed by atoms with Crippen LogP contribution in [-0.4, -0.2) is 50.0 Å². The van der Waals surface area contributed by atoms with Crippen molar-refractivity contribution in [2.45, 2.75) is 33.0 Å². The molecule has 2 N–H and O–H groups in total. The number of rotatable bonds is 14. The van der Waals surface area contributed by atoms with Gasteiger partial charge in [-0.3, -0.25) is 19.3 Å². The molecular formula is C36H35Cl2N5O6S. The summed E-state index contributed by atoms with van der Waals surface area (Å²) in [7, 11) is -1.82. The molecule has 0 atom stereocenters. The highest BCUT2D eigenvalue weighted by atomic mass is 35.5. The van der Waals surface area contributed by atoms with Crippen LogP contribution in [0.4, 0.5) is 11.4 Å². The topological polar surface area (TPSA) is 140 Å². The lowest BCUT2D eigenvalue weighted by Gasteiger charge is -2.21. The molecule has 260 valence electrons. The summed E-state index contributed by atoms with van der Waals surface area (Å²) in [6, 6.07) is 23.0. The lowest BCUT2D eigenvalue weighted by molar-refractivity contribution is -0.124. The Labute approximate surface area is 300 Å². The molecule has 0 spiro atoms. The summed E-state index contributed by atoms with van der Waals surface area (Å²) in [5, 5.41) is 4.00. The number of hydrogen-bond acceptors (Lipinski definition) is 8. The molecule has 5 aromatic rings. The number of sulfonamides is 1. The molecule has 2 amide bonds. The second-order valence-electron chi connectivity index (χ2n) is 11.5. The van der Waals surface area contributed by atoms with Crippen molar-refractivity contribution in [2.24, 2.45) is 0 Å². The number of halogens is 2. The Balaban J connectivity index is 1.20. The molecule has 3 aromatic carbocycles. The van der Waals surface area contributed by atoms with E-state index in [0.717, 1.165) is 28.6 Å². The number of carbonyl (C=O) groups excluding carboxylic acids is 2.